The van der Waals surface area contributed by atoms with Gasteiger partial charge >= 0.3 is 0 Å². The van der Waals surface area contributed by atoms with Crippen LogP contribution in [-0.2, 0) is 9.53 Å². The van der Waals surface area contributed by atoms with E-state index in [-0.39, 0.29) is 18.6 Å². The highest BCUT2D eigenvalue weighted by Crippen LogP contribution is 2.03. The molecule has 1 saturated heterocycles. The second-order valence-corrected chi connectivity index (χ2v) is 2.73. The molecule has 1 aliphatic rings. The molecule has 1 unspecified atom stereocenters. The molecule has 1 heterocycles. The van der Waals surface area contributed by atoms with Crippen molar-refractivity contribution in [3.05, 3.63) is 0 Å². The smallest absolute Gasteiger partial charge is 0.236 e. The minimum atomic E-state index is 0.0140. The van der Waals surface area contributed by atoms with E-state index >= 15 is 0 Å². The number of hydrogen-bond donors (Lipinski definition) is 1. The quantitative estimate of drug-likeness (QED) is 0.543. The molecular formula is C7H14N2O2. The van der Waals surface area contributed by atoms with Crippen LogP contribution in [0.2, 0.25) is 0 Å². The van der Waals surface area contributed by atoms with E-state index in [1.807, 2.05) is 6.92 Å². The highest BCUT2D eigenvalue weighted by molar-refractivity contribution is 5.78. The molecule has 1 fully saturated rings. The summed E-state index contributed by atoms with van der Waals surface area (Å²) < 4.78 is 5.27. The van der Waals surface area contributed by atoms with Crippen LogP contribution in [0.5, 0.6) is 0 Å². The summed E-state index contributed by atoms with van der Waals surface area (Å²) in [6.45, 7) is 4.05. The van der Waals surface area contributed by atoms with Gasteiger partial charge in [-0.15, -0.1) is 0 Å². The molecule has 0 aromatic heterocycles. The molecule has 4 heteroatoms. The van der Waals surface area contributed by atoms with Gasteiger partial charge in [-0.2, -0.15) is 0 Å². The van der Waals surface area contributed by atoms with Crippen LogP contribution >= 0.6 is 0 Å². The fourth-order valence-electron chi connectivity index (χ4n) is 1.17. The zero-order chi connectivity index (χ0) is 8.27. The Morgan fingerprint density at radius 3 is 3.09 bits per heavy atom. The lowest BCUT2D eigenvalue weighted by molar-refractivity contribution is -0.136. The van der Waals surface area contributed by atoms with Crippen LogP contribution in [0, 0.1) is 0 Å². The van der Waals surface area contributed by atoms with Crippen molar-refractivity contribution in [3.8, 4) is 0 Å². The van der Waals surface area contributed by atoms with E-state index in [9.17, 15) is 4.79 Å². The van der Waals surface area contributed by atoms with Crippen LogP contribution in [-0.4, -0.2) is 43.2 Å². The summed E-state index contributed by atoms with van der Waals surface area (Å²) in [7, 11) is 0. The highest BCUT2D eigenvalue weighted by atomic mass is 16.5. The first-order valence-electron chi connectivity index (χ1n) is 3.83. The number of carbonyl (C=O) groups excluding carboxylic acids is 1. The molecule has 4 nitrogen and oxygen atoms in total. The number of hydrogen-bond acceptors (Lipinski definition) is 3. The van der Waals surface area contributed by atoms with Crippen molar-refractivity contribution >= 4 is 5.91 Å². The third-order valence-electron chi connectivity index (χ3n) is 1.77. The number of carbonyl (C=O) groups is 1. The second kappa shape index (κ2) is 3.69. The number of rotatable bonds is 1. The summed E-state index contributed by atoms with van der Waals surface area (Å²) in [5.74, 6) is 0.0140. The van der Waals surface area contributed by atoms with Crippen molar-refractivity contribution in [2.24, 2.45) is 5.73 Å². The molecule has 0 radical (unpaired) electrons. The molecule has 0 bridgehead atoms. The van der Waals surface area contributed by atoms with E-state index in [0.717, 1.165) is 0 Å². The molecule has 1 aliphatic heterocycles. The van der Waals surface area contributed by atoms with Gasteiger partial charge < -0.3 is 15.4 Å². The Kier molecular flexibility index (Phi) is 2.84. The number of amides is 1. The molecular weight excluding hydrogens is 144 g/mol. The van der Waals surface area contributed by atoms with Crippen LogP contribution in [0.1, 0.15) is 6.92 Å². The van der Waals surface area contributed by atoms with Gasteiger partial charge in [0.05, 0.1) is 19.3 Å². The fraction of sp³-hybridized carbons (Fsp3) is 0.857. The largest absolute Gasteiger partial charge is 0.375 e. The monoisotopic (exact) mass is 158 g/mol. The molecule has 1 amide bonds. The summed E-state index contributed by atoms with van der Waals surface area (Å²) in [5, 5.41) is 0. The SMILES string of the molecule is CC1CN(C(=O)CN)CCO1. The Hall–Kier alpha value is -0.610. The Bertz CT molecular complexity index is 149. The minimum absolute atomic E-state index is 0.0140. The van der Waals surface area contributed by atoms with Gasteiger partial charge in [-0.25, -0.2) is 0 Å². The Morgan fingerprint density at radius 1 is 1.82 bits per heavy atom. The first-order valence-corrected chi connectivity index (χ1v) is 3.83. The number of nitrogens with zero attached hydrogens (tertiary/aromatic N) is 1. The average molecular weight is 158 g/mol. The minimum Gasteiger partial charge on any atom is -0.375 e. The average Bonchev–Trinajstić information content (AvgIpc) is 2.03. The fourth-order valence-corrected chi connectivity index (χ4v) is 1.17. The Morgan fingerprint density at radius 2 is 2.55 bits per heavy atom. The van der Waals surface area contributed by atoms with Crippen molar-refractivity contribution in [2.75, 3.05) is 26.2 Å². The van der Waals surface area contributed by atoms with E-state index in [4.69, 9.17) is 10.5 Å². The van der Waals surface area contributed by atoms with Gasteiger partial charge in [0.25, 0.3) is 0 Å². The highest BCUT2D eigenvalue weighted by Gasteiger charge is 2.19. The first kappa shape index (κ1) is 8.49. The van der Waals surface area contributed by atoms with E-state index < -0.39 is 0 Å². The molecule has 0 aromatic carbocycles. The molecule has 1 atom stereocenters. The summed E-state index contributed by atoms with van der Waals surface area (Å²) in [5.41, 5.74) is 5.22. The van der Waals surface area contributed by atoms with Gasteiger partial charge in [0.1, 0.15) is 0 Å². The number of morpholine rings is 1. The van der Waals surface area contributed by atoms with Gasteiger partial charge in [0.2, 0.25) is 5.91 Å². The topological polar surface area (TPSA) is 55.6 Å². The maximum atomic E-state index is 11.1. The van der Waals surface area contributed by atoms with Crippen molar-refractivity contribution in [2.45, 2.75) is 13.0 Å². The van der Waals surface area contributed by atoms with Crippen LogP contribution in [0.3, 0.4) is 0 Å². The third kappa shape index (κ3) is 2.17. The molecule has 64 valence electrons. The van der Waals surface area contributed by atoms with Crippen molar-refractivity contribution in [1.29, 1.82) is 0 Å². The lowest BCUT2D eigenvalue weighted by Gasteiger charge is -2.30. The lowest BCUT2D eigenvalue weighted by atomic mass is 10.3. The molecule has 0 spiro atoms. The molecule has 11 heavy (non-hydrogen) atoms. The van der Waals surface area contributed by atoms with Gasteiger partial charge in [-0.1, -0.05) is 0 Å². The van der Waals surface area contributed by atoms with E-state index in [1.165, 1.54) is 0 Å². The molecule has 0 aromatic rings. The zero-order valence-corrected chi connectivity index (χ0v) is 6.75. The first-order chi connectivity index (χ1) is 5.24. The van der Waals surface area contributed by atoms with Crippen molar-refractivity contribution in [1.82, 2.24) is 4.90 Å². The maximum Gasteiger partial charge on any atom is 0.236 e. The van der Waals surface area contributed by atoms with Crippen LogP contribution in [0.25, 0.3) is 0 Å². The van der Waals surface area contributed by atoms with Gasteiger partial charge in [-0.05, 0) is 6.92 Å². The molecule has 0 saturated carbocycles. The van der Waals surface area contributed by atoms with Crippen molar-refractivity contribution < 1.29 is 9.53 Å². The molecule has 0 aliphatic carbocycles. The summed E-state index contributed by atoms with van der Waals surface area (Å²) >= 11 is 0. The Labute approximate surface area is 66.3 Å². The van der Waals surface area contributed by atoms with Gasteiger partial charge in [-0.3, -0.25) is 4.79 Å². The second-order valence-electron chi connectivity index (χ2n) is 2.73. The number of nitrogens with two attached hydrogens (primary N) is 1. The normalized spacial score (nSPS) is 25.3. The third-order valence-corrected chi connectivity index (χ3v) is 1.77. The standard InChI is InChI=1S/C7H14N2O2/c1-6-5-9(2-3-11-6)7(10)4-8/h6H,2-5,8H2,1H3. The van der Waals surface area contributed by atoms with E-state index in [1.54, 1.807) is 4.90 Å². The zero-order valence-electron chi connectivity index (χ0n) is 6.75. The van der Waals surface area contributed by atoms with Crippen LogP contribution in [0.15, 0.2) is 0 Å². The van der Waals surface area contributed by atoms with E-state index in [2.05, 4.69) is 0 Å². The summed E-state index contributed by atoms with van der Waals surface area (Å²) in [6, 6.07) is 0. The lowest BCUT2D eigenvalue weighted by Crippen LogP contribution is -2.46. The summed E-state index contributed by atoms with van der Waals surface area (Å²) in [4.78, 5) is 12.8. The van der Waals surface area contributed by atoms with Gasteiger partial charge in [0.15, 0.2) is 0 Å². The Balaban J connectivity index is 2.39. The predicted molar refractivity (Wildman–Crippen MR) is 41.0 cm³/mol. The van der Waals surface area contributed by atoms with E-state index in [0.29, 0.717) is 19.7 Å². The summed E-state index contributed by atoms with van der Waals surface area (Å²) in [6.07, 6.45) is 0.152. The van der Waals surface area contributed by atoms with Crippen molar-refractivity contribution in [3.63, 3.8) is 0 Å². The molecule has 2 N–H and O–H groups in total. The van der Waals surface area contributed by atoms with Crippen LogP contribution in [0.4, 0.5) is 0 Å². The maximum absolute atomic E-state index is 11.1. The van der Waals surface area contributed by atoms with Crippen LogP contribution < -0.4 is 5.73 Å². The predicted octanol–water partition coefficient (Wildman–Crippen LogP) is -0.808. The number of ether oxygens (including phenoxy) is 1. The van der Waals surface area contributed by atoms with Gasteiger partial charge in [0, 0.05) is 13.1 Å². The molecule has 1 rings (SSSR count).